The molecule has 2 heterocycles. The average Bonchev–Trinajstić information content (AvgIpc) is 3.19. The zero-order valence-electron chi connectivity index (χ0n) is 15.6. The number of ether oxygens (including phenoxy) is 2. The van der Waals surface area contributed by atoms with Crippen molar-refractivity contribution < 1.29 is 28.7 Å². The number of unbranched alkanes of at least 4 members (excludes halogenated alkanes) is 3. The van der Waals surface area contributed by atoms with E-state index in [0.717, 1.165) is 25.7 Å². The molecule has 0 bridgehead atoms. The van der Waals surface area contributed by atoms with Gasteiger partial charge in [0.25, 0.3) is 0 Å². The molecule has 2 fully saturated rings. The molecule has 2 saturated heterocycles. The highest BCUT2D eigenvalue weighted by atomic mass is 16.5. The number of methoxy groups -OCH3 is 2. The zero-order chi connectivity index (χ0) is 19.1. The maximum atomic E-state index is 11.9. The SMILES string of the molecule is COC(=O)C1CC(=O)N(CCCCCCN2CC(C(=O)OC)CC2=O)C1. The fourth-order valence-corrected chi connectivity index (χ4v) is 3.58. The van der Waals surface area contributed by atoms with Crippen molar-refractivity contribution in [3.8, 4) is 0 Å². The highest BCUT2D eigenvalue weighted by molar-refractivity contribution is 5.87. The van der Waals surface area contributed by atoms with Crippen molar-refractivity contribution in [3.63, 3.8) is 0 Å². The van der Waals surface area contributed by atoms with Crippen LogP contribution >= 0.6 is 0 Å². The summed E-state index contributed by atoms with van der Waals surface area (Å²) in [6.45, 7) is 2.20. The Labute approximate surface area is 153 Å². The number of rotatable bonds is 9. The van der Waals surface area contributed by atoms with Crippen molar-refractivity contribution in [2.24, 2.45) is 11.8 Å². The number of esters is 2. The average molecular weight is 368 g/mol. The van der Waals surface area contributed by atoms with Gasteiger partial charge in [0.1, 0.15) is 0 Å². The summed E-state index contributed by atoms with van der Waals surface area (Å²) in [4.78, 5) is 50.2. The van der Waals surface area contributed by atoms with E-state index in [2.05, 4.69) is 0 Å². The van der Waals surface area contributed by atoms with Crippen LogP contribution in [0.5, 0.6) is 0 Å². The molecule has 0 N–H and O–H groups in total. The Hall–Kier alpha value is -2.12. The van der Waals surface area contributed by atoms with E-state index < -0.39 is 0 Å². The van der Waals surface area contributed by atoms with E-state index in [1.165, 1.54) is 14.2 Å². The summed E-state index contributed by atoms with van der Waals surface area (Å²) in [5.74, 6) is -1.29. The smallest absolute Gasteiger partial charge is 0.310 e. The fraction of sp³-hybridized carbons (Fsp3) is 0.778. The number of carbonyl (C=O) groups excluding carboxylic acids is 4. The summed E-state index contributed by atoms with van der Waals surface area (Å²) < 4.78 is 9.39. The van der Waals surface area contributed by atoms with Crippen LogP contribution in [0.3, 0.4) is 0 Å². The van der Waals surface area contributed by atoms with E-state index >= 15 is 0 Å². The predicted octanol–water partition coefficient (Wildman–Crippen LogP) is 0.590. The molecule has 0 aromatic carbocycles. The molecule has 2 amide bonds. The normalized spacial score (nSPS) is 22.8. The molecule has 0 aromatic rings. The van der Waals surface area contributed by atoms with Gasteiger partial charge in [0, 0.05) is 39.0 Å². The van der Waals surface area contributed by atoms with Crippen LogP contribution in [0.4, 0.5) is 0 Å². The molecule has 0 saturated carbocycles. The van der Waals surface area contributed by atoms with Crippen molar-refractivity contribution in [1.29, 1.82) is 0 Å². The van der Waals surface area contributed by atoms with Gasteiger partial charge in [0.2, 0.25) is 11.8 Å². The Morgan fingerprint density at radius 3 is 1.54 bits per heavy atom. The van der Waals surface area contributed by atoms with Gasteiger partial charge in [-0.1, -0.05) is 12.8 Å². The number of nitrogens with zero attached hydrogens (tertiary/aromatic N) is 2. The van der Waals surface area contributed by atoms with Crippen LogP contribution < -0.4 is 0 Å². The minimum atomic E-state index is -0.337. The van der Waals surface area contributed by atoms with E-state index in [1.807, 2.05) is 0 Å². The van der Waals surface area contributed by atoms with Gasteiger partial charge in [-0.05, 0) is 12.8 Å². The summed E-state index contributed by atoms with van der Waals surface area (Å²) >= 11 is 0. The molecule has 146 valence electrons. The summed E-state index contributed by atoms with van der Waals surface area (Å²) in [6.07, 6.45) is 4.14. The van der Waals surface area contributed by atoms with Gasteiger partial charge in [0.05, 0.1) is 26.1 Å². The van der Waals surface area contributed by atoms with Crippen LogP contribution in [0.15, 0.2) is 0 Å². The van der Waals surface area contributed by atoms with Gasteiger partial charge < -0.3 is 19.3 Å². The van der Waals surface area contributed by atoms with Crippen LogP contribution in [0.1, 0.15) is 38.5 Å². The topological polar surface area (TPSA) is 93.2 Å². The molecular weight excluding hydrogens is 340 g/mol. The van der Waals surface area contributed by atoms with Crippen molar-refractivity contribution in [3.05, 3.63) is 0 Å². The number of likely N-dealkylation sites (tertiary alicyclic amines) is 2. The van der Waals surface area contributed by atoms with E-state index in [0.29, 0.717) is 26.2 Å². The molecule has 0 radical (unpaired) electrons. The fourth-order valence-electron chi connectivity index (χ4n) is 3.58. The van der Waals surface area contributed by atoms with Gasteiger partial charge in [-0.2, -0.15) is 0 Å². The molecule has 2 atom stereocenters. The summed E-state index contributed by atoms with van der Waals surface area (Å²) in [5, 5.41) is 0. The first-order chi connectivity index (χ1) is 12.5. The first-order valence-corrected chi connectivity index (χ1v) is 9.17. The highest BCUT2D eigenvalue weighted by Gasteiger charge is 2.35. The number of carbonyl (C=O) groups is 4. The van der Waals surface area contributed by atoms with Gasteiger partial charge in [-0.25, -0.2) is 0 Å². The lowest BCUT2D eigenvalue weighted by Gasteiger charge is -2.17. The van der Waals surface area contributed by atoms with Crippen molar-refractivity contribution in [2.75, 3.05) is 40.4 Å². The Balaban J connectivity index is 1.57. The minimum absolute atomic E-state index is 0.0110. The van der Waals surface area contributed by atoms with Crippen LogP contribution in [-0.4, -0.2) is 74.0 Å². The van der Waals surface area contributed by atoms with Crippen LogP contribution in [0.25, 0.3) is 0 Å². The summed E-state index contributed by atoms with van der Waals surface area (Å²) in [6, 6.07) is 0. The molecule has 2 unspecified atom stereocenters. The molecular formula is C18H28N2O6. The lowest BCUT2D eigenvalue weighted by Crippen LogP contribution is -2.28. The molecule has 26 heavy (non-hydrogen) atoms. The minimum Gasteiger partial charge on any atom is -0.469 e. The van der Waals surface area contributed by atoms with Crippen LogP contribution in [0.2, 0.25) is 0 Å². The van der Waals surface area contributed by atoms with E-state index in [9.17, 15) is 19.2 Å². The van der Waals surface area contributed by atoms with Gasteiger partial charge in [0.15, 0.2) is 0 Å². The second-order valence-corrected chi connectivity index (χ2v) is 6.94. The highest BCUT2D eigenvalue weighted by Crippen LogP contribution is 2.21. The van der Waals surface area contributed by atoms with Crippen molar-refractivity contribution in [1.82, 2.24) is 9.80 Å². The lowest BCUT2D eigenvalue weighted by molar-refractivity contribution is -0.145. The predicted molar refractivity (Wildman–Crippen MR) is 91.9 cm³/mol. The summed E-state index contributed by atoms with van der Waals surface area (Å²) in [5.41, 5.74) is 0. The standard InChI is InChI=1S/C18H28N2O6/c1-25-17(23)13-9-15(21)19(11-13)7-5-3-4-6-8-20-12-14(10-16(20)22)18(24)26-2/h13-14H,3-12H2,1-2H3. The number of hydrogen-bond donors (Lipinski definition) is 0. The third kappa shape index (κ3) is 5.19. The Bertz CT molecular complexity index is 502. The maximum absolute atomic E-state index is 11.9. The largest absolute Gasteiger partial charge is 0.469 e. The number of amides is 2. The van der Waals surface area contributed by atoms with Gasteiger partial charge in [-0.15, -0.1) is 0 Å². The molecule has 2 rings (SSSR count). The summed E-state index contributed by atoms with van der Waals surface area (Å²) in [7, 11) is 2.68. The molecule has 8 heteroatoms. The molecule has 0 aromatic heterocycles. The van der Waals surface area contributed by atoms with Gasteiger partial charge in [-0.3, -0.25) is 19.2 Å². The zero-order valence-corrected chi connectivity index (χ0v) is 15.6. The maximum Gasteiger partial charge on any atom is 0.310 e. The first-order valence-electron chi connectivity index (χ1n) is 9.17. The Morgan fingerprint density at radius 2 is 1.19 bits per heavy atom. The number of hydrogen-bond acceptors (Lipinski definition) is 6. The third-order valence-electron chi connectivity index (χ3n) is 5.10. The molecule has 0 spiro atoms. The molecule has 0 aliphatic carbocycles. The molecule has 2 aliphatic heterocycles. The second kappa shape index (κ2) is 9.54. The van der Waals surface area contributed by atoms with E-state index in [4.69, 9.17) is 9.47 Å². The Morgan fingerprint density at radius 1 is 0.808 bits per heavy atom. The van der Waals surface area contributed by atoms with Gasteiger partial charge >= 0.3 is 11.9 Å². The second-order valence-electron chi connectivity index (χ2n) is 6.94. The van der Waals surface area contributed by atoms with Crippen molar-refractivity contribution >= 4 is 23.8 Å². The van der Waals surface area contributed by atoms with E-state index in [1.54, 1.807) is 9.80 Å². The van der Waals surface area contributed by atoms with E-state index in [-0.39, 0.29) is 48.4 Å². The molecule has 8 nitrogen and oxygen atoms in total. The quantitative estimate of drug-likeness (QED) is 0.437. The lowest BCUT2D eigenvalue weighted by atomic mass is 10.1. The van der Waals surface area contributed by atoms with Crippen molar-refractivity contribution in [2.45, 2.75) is 38.5 Å². The monoisotopic (exact) mass is 368 g/mol. The van der Waals surface area contributed by atoms with Crippen LogP contribution in [-0.2, 0) is 28.7 Å². The third-order valence-corrected chi connectivity index (χ3v) is 5.10. The molecule has 2 aliphatic rings. The Kier molecular flexibility index (Phi) is 7.41. The van der Waals surface area contributed by atoms with Crippen LogP contribution in [0, 0.1) is 11.8 Å². The first kappa shape index (κ1) is 20.2.